The van der Waals surface area contributed by atoms with Crippen LogP contribution in [0.15, 0.2) is 47.2 Å². The lowest BCUT2D eigenvalue weighted by molar-refractivity contribution is -0.390. The largest absolute Gasteiger partial charge is 0.404 e. The standard InChI is InChI=1S/C13H9BrN4O2/c14-11-8-17(16-13(11)18(19)20)7-9-3-4-12-10(6-9)2-1-5-15-12/h1-6,8H,7H2. The zero-order valence-electron chi connectivity index (χ0n) is 10.2. The molecular weight excluding hydrogens is 324 g/mol. The van der Waals surface area contributed by atoms with E-state index < -0.39 is 4.92 Å². The van der Waals surface area contributed by atoms with Gasteiger partial charge in [-0.25, -0.2) is 0 Å². The molecule has 3 rings (SSSR count). The van der Waals surface area contributed by atoms with Crippen LogP contribution in [0.2, 0.25) is 0 Å². The number of aromatic nitrogens is 3. The summed E-state index contributed by atoms with van der Waals surface area (Å²) in [7, 11) is 0. The van der Waals surface area contributed by atoms with E-state index in [-0.39, 0.29) is 5.82 Å². The molecule has 0 atom stereocenters. The molecule has 0 saturated heterocycles. The number of nitro groups is 1. The first-order valence-corrected chi connectivity index (χ1v) is 6.64. The highest BCUT2D eigenvalue weighted by atomic mass is 79.9. The van der Waals surface area contributed by atoms with Gasteiger partial charge < -0.3 is 10.1 Å². The van der Waals surface area contributed by atoms with Crippen LogP contribution in [-0.4, -0.2) is 19.7 Å². The summed E-state index contributed by atoms with van der Waals surface area (Å²) in [6.45, 7) is 0.470. The summed E-state index contributed by atoms with van der Waals surface area (Å²) in [6.07, 6.45) is 3.35. The average molecular weight is 333 g/mol. The van der Waals surface area contributed by atoms with Crippen LogP contribution < -0.4 is 0 Å². The quantitative estimate of drug-likeness (QED) is 0.545. The molecule has 2 aromatic heterocycles. The molecule has 0 saturated carbocycles. The molecule has 6 nitrogen and oxygen atoms in total. The van der Waals surface area contributed by atoms with Crippen molar-refractivity contribution in [2.24, 2.45) is 0 Å². The van der Waals surface area contributed by atoms with Crippen LogP contribution in [0.1, 0.15) is 5.56 Å². The fraction of sp³-hybridized carbons (Fsp3) is 0.0769. The van der Waals surface area contributed by atoms with Gasteiger partial charge in [-0.1, -0.05) is 12.1 Å². The van der Waals surface area contributed by atoms with Crippen molar-refractivity contribution in [2.75, 3.05) is 0 Å². The predicted molar refractivity (Wildman–Crippen MR) is 77.4 cm³/mol. The Morgan fingerprint density at radius 3 is 2.95 bits per heavy atom. The topological polar surface area (TPSA) is 73.8 Å². The molecule has 0 fully saturated rings. The smallest absolute Gasteiger partial charge is 0.358 e. The second-order valence-corrected chi connectivity index (χ2v) is 5.14. The Hall–Kier alpha value is -2.28. The van der Waals surface area contributed by atoms with E-state index in [4.69, 9.17) is 0 Å². The van der Waals surface area contributed by atoms with Crippen molar-refractivity contribution in [1.82, 2.24) is 14.8 Å². The van der Waals surface area contributed by atoms with E-state index in [1.165, 1.54) is 0 Å². The van der Waals surface area contributed by atoms with Crippen LogP contribution in [0.5, 0.6) is 0 Å². The first kappa shape index (κ1) is 12.7. The third kappa shape index (κ3) is 2.39. The minimum absolute atomic E-state index is 0.174. The molecule has 2 heterocycles. The highest BCUT2D eigenvalue weighted by Gasteiger charge is 2.18. The monoisotopic (exact) mass is 332 g/mol. The number of pyridine rings is 1. The molecule has 0 spiro atoms. The van der Waals surface area contributed by atoms with E-state index in [0.29, 0.717) is 11.0 Å². The molecular formula is C13H9BrN4O2. The lowest BCUT2D eigenvalue weighted by Crippen LogP contribution is -2.01. The van der Waals surface area contributed by atoms with Gasteiger partial charge in [0.15, 0.2) is 0 Å². The third-order valence-corrected chi connectivity index (χ3v) is 3.44. The molecule has 1 aromatic carbocycles. The van der Waals surface area contributed by atoms with Crippen molar-refractivity contribution in [2.45, 2.75) is 6.54 Å². The maximum absolute atomic E-state index is 10.8. The zero-order chi connectivity index (χ0) is 14.1. The summed E-state index contributed by atoms with van der Waals surface area (Å²) < 4.78 is 1.92. The number of halogens is 1. The summed E-state index contributed by atoms with van der Waals surface area (Å²) in [5, 5.41) is 15.7. The average Bonchev–Trinajstić information content (AvgIpc) is 2.79. The highest BCUT2D eigenvalue weighted by molar-refractivity contribution is 9.10. The molecule has 0 amide bonds. The molecule has 100 valence electrons. The van der Waals surface area contributed by atoms with E-state index in [1.54, 1.807) is 17.1 Å². The summed E-state index contributed by atoms with van der Waals surface area (Å²) in [4.78, 5) is 14.5. The van der Waals surface area contributed by atoms with Gasteiger partial charge in [-0.15, -0.1) is 0 Å². The van der Waals surface area contributed by atoms with Crippen molar-refractivity contribution in [3.63, 3.8) is 0 Å². The van der Waals surface area contributed by atoms with Gasteiger partial charge in [-0.05, 0) is 44.6 Å². The molecule has 0 aliphatic heterocycles. The Morgan fingerprint density at radius 1 is 1.35 bits per heavy atom. The minimum Gasteiger partial charge on any atom is -0.358 e. The third-order valence-electron chi connectivity index (χ3n) is 2.88. The summed E-state index contributed by atoms with van der Waals surface area (Å²) in [5.74, 6) is -0.174. The lowest BCUT2D eigenvalue weighted by atomic mass is 10.1. The van der Waals surface area contributed by atoms with Gasteiger partial charge in [0.1, 0.15) is 4.47 Å². The molecule has 0 aliphatic rings. The predicted octanol–water partition coefficient (Wildman–Crippen LogP) is 3.15. The number of benzene rings is 1. The van der Waals surface area contributed by atoms with Crippen molar-refractivity contribution < 1.29 is 4.92 Å². The summed E-state index contributed by atoms with van der Waals surface area (Å²) in [6, 6.07) is 9.73. The normalized spacial score (nSPS) is 10.8. The number of hydrogen-bond acceptors (Lipinski definition) is 4. The fourth-order valence-electron chi connectivity index (χ4n) is 2.00. The van der Waals surface area contributed by atoms with Crippen LogP contribution in [-0.2, 0) is 6.54 Å². The van der Waals surface area contributed by atoms with Gasteiger partial charge in [0, 0.05) is 11.6 Å². The van der Waals surface area contributed by atoms with Crippen LogP contribution >= 0.6 is 15.9 Å². The van der Waals surface area contributed by atoms with Gasteiger partial charge in [-0.3, -0.25) is 4.98 Å². The highest BCUT2D eigenvalue weighted by Crippen LogP contribution is 2.23. The maximum Gasteiger partial charge on any atom is 0.404 e. The van der Waals surface area contributed by atoms with E-state index in [2.05, 4.69) is 26.0 Å². The van der Waals surface area contributed by atoms with Gasteiger partial charge >= 0.3 is 5.82 Å². The molecule has 0 bridgehead atoms. The first-order chi connectivity index (χ1) is 9.63. The molecule has 0 N–H and O–H groups in total. The Bertz CT molecular complexity index is 800. The molecule has 3 aromatic rings. The Labute approximate surface area is 122 Å². The van der Waals surface area contributed by atoms with Crippen LogP contribution in [0.3, 0.4) is 0 Å². The lowest BCUT2D eigenvalue weighted by Gasteiger charge is -2.01. The molecule has 0 aliphatic carbocycles. The Kier molecular flexibility index (Phi) is 3.19. The summed E-state index contributed by atoms with van der Waals surface area (Å²) in [5.41, 5.74) is 1.93. The van der Waals surface area contributed by atoms with Gasteiger partial charge in [-0.2, -0.15) is 4.68 Å². The fourth-order valence-corrected chi connectivity index (χ4v) is 2.46. The van der Waals surface area contributed by atoms with Crippen LogP contribution in [0, 0.1) is 10.1 Å². The van der Waals surface area contributed by atoms with Crippen molar-refractivity contribution in [1.29, 1.82) is 0 Å². The maximum atomic E-state index is 10.8. The second-order valence-electron chi connectivity index (χ2n) is 4.29. The van der Waals surface area contributed by atoms with E-state index in [0.717, 1.165) is 16.5 Å². The Balaban J connectivity index is 1.92. The summed E-state index contributed by atoms with van der Waals surface area (Å²) >= 11 is 3.14. The van der Waals surface area contributed by atoms with Gasteiger partial charge in [0.05, 0.1) is 23.4 Å². The second kappa shape index (κ2) is 5.01. The number of hydrogen-bond donors (Lipinski definition) is 0. The van der Waals surface area contributed by atoms with Crippen molar-refractivity contribution in [3.8, 4) is 0 Å². The van der Waals surface area contributed by atoms with Crippen molar-refractivity contribution in [3.05, 3.63) is 62.9 Å². The van der Waals surface area contributed by atoms with Crippen LogP contribution in [0.4, 0.5) is 5.82 Å². The van der Waals surface area contributed by atoms with Gasteiger partial charge in [0.25, 0.3) is 0 Å². The number of nitrogens with zero attached hydrogens (tertiary/aromatic N) is 4. The van der Waals surface area contributed by atoms with E-state index >= 15 is 0 Å². The van der Waals surface area contributed by atoms with E-state index in [1.807, 2.05) is 30.3 Å². The van der Waals surface area contributed by atoms with Gasteiger partial charge in [0.2, 0.25) is 0 Å². The zero-order valence-corrected chi connectivity index (χ0v) is 11.8. The Morgan fingerprint density at radius 2 is 2.20 bits per heavy atom. The molecule has 20 heavy (non-hydrogen) atoms. The number of fused-ring (bicyclic) bond motifs is 1. The van der Waals surface area contributed by atoms with Crippen LogP contribution in [0.25, 0.3) is 10.9 Å². The number of rotatable bonds is 3. The minimum atomic E-state index is -0.509. The SMILES string of the molecule is O=[N+]([O-])c1nn(Cc2ccc3ncccc3c2)cc1Br. The van der Waals surface area contributed by atoms with E-state index in [9.17, 15) is 10.1 Å². The molecule has 0 radical (unpaired) electrons. The first-order valence-electron chi connectivity index (χ1n) is 5.84. The molecule has 7 heteroatoms. The van der Waals surface area contributed by atoms with Crippen molar-refractivity contribution >= 4 is 32.7 Å². The molecule has 0 unspecified atom stereocenters.